The lowest BCUT2D eigenvalue weighted by molar-refractivity contribution is -0.165. The van der Waals surface area contributed by atoms with E-state index >= 15 is 0 Å². The van der Waals surface area contributed by atoms with Gasteiger partial charge in [0.1, 0.15) is 0 Å². The number of hydrogen-bond acceptors (Lipinski definition) is 4. The minimum absolute atomic E-state index is 0.277. The van der Waals surface area contributed by atoms with E-state index < -0.39 is 18.0 Å². The van der Waals surface area contributed by atoms with Gasteiger partial charge in [-0.3, -0.25) is 0 Å². The molecule has 1 unspecified atom stereocenters. The molecule has 0 bridgehead atoms. The highest BCUT2D eigenvalue weighted by molar-refractivity contribution is 5.89. The highest BCUT2D eigenvalue weighted by atomic mass is 16.6. The summed E-state index contributed by atoms with van der Waals surface area (Å²) >= 11 is 0. The molecule has 1 aromatic rings. The summed E-state index contributed by atoms with van der Waals surface area (Å²) in [6, 6.07) is 9.42. The van der Waals surface area contributed by atoms with Gasteiger partial charge in [-0.1, -0.05) is 43.7 Å². The zero-order valence-corrected chi connectivity index (χ0v) is 12.6. The normalized spacial score (nSPS) is 12.1. The summed E-state index contributed by atoms with van der Waals surface area (Å²) in [5, 5.41) is 0. The number of carbonyl (C=O) groups excluding carboxylic acids is 2. The maximum atomic E-state index is 11.8. The molecule has 0 spiro atoms. The van der Waals surface area contributed by atoms with Crippen molar-refractivity contribution in [1.29, 1.82) is 0 Å². The zero-order valence-electron chi connectivity index (χ0n) is 12.6. The molecule has 0 amide bonds. The van der Waals surface area contributed by atoms with Crippen LogP contribution in [0.15, 0.2) is 36.4 Å². The average Bonchev–Trinajstić information content (AvgIpc) is 2.50. The van der Waals surface area contributed by atoms with Crippen LogP contribution in [0.4, 0.5) is 0 Å². The molecule has 4 heteroatoms. The molecule has 114 valence electrons. The molecule has 0 aliphatic rings. The molecule has 1 aromatic carbocycles. The maximum Gasteiger partial charge on any atom is 0.347 e. The van der Waals surface area contributed by atoms with Crippen molar-refractivity contribution in [2.45, 2.75) is 39.2 Å². The van der Waals surface area contributed by atoms with Crippen LogP contribution in [0.25, 0.3) is 6.08 Å². The lowest BCUT2D eigenvalue weighted by Gasteiger charge is -2.15. The Morgan fingerprint density at radius 3 is 2.52 bits per heavy atom. The van der Waals surface area contributed by atoms with E-state index in [9.17, 15) is 9.59 Å². The summed E-state index contributed by atoms with van der Waals surface area (Å²) in [5.74, 6) is -1.01. The summed E-state index contributed by atoms with van der Waals surface area (Å²) in [4.78, 5) is 23.5. The molecule has 0 saturated heterocycles. The Balaban J connectivity index is 2.58. The Morgan fingerprint density at radius 1 is 1.19 bits per heavy atom. The largest absolute Gasteiger partial charge is 0.463 e. The first-order chi connectivity index (χ1) is 10.2. The topological polar surface area (TPSA) is 52.6 Å². The fraction of sp³-hybridized carbons (Fsp3) is 0.412. The Morgan fingerprint density at radius 2 is 1.90 bits per heavy atom. The van der Waals surface area contributed by atoms with Crippen molar-refractivity contribution in [2.75, 3.05) is 6.61 Å². The fourth-order valence-electron chi connectivity index (χ4n) is 1.76. The molecule has 0 fully saturated rings. The second-order valence-electron chi connectivity index (χ2n) is 4.56. The minimum Gasteiger partial charge on any atom is -0.463 e. The van der Waals surface area contributed by atoms with Crippen molar-refractivity contribution in [3.63, 3.8) is 0 Å². The van der Waals surface area contributed by atoms with E-state index in [0.717, 1.165) is 18.4 Å². The van der Waals surface area contributed by atoms with Gasteiger partial charge in [0.15, 0.2) is 6.10 Å². The molecule has 0 saturated carbocycles. The minimum atomic E-state index is -0.821. The third kappa shape index (κ3) is 6.75. The highest BCUT2D eigenvalue weighted by Crippen LogP contribution is 2.09. The van der Waals surface area contributed by atoms with E-state index in [1.165, 1.54) is 6.08 Å². The van der Waals surface area contributed by atoms with Gasteiger partial charge in [0.25, 0.3) is 0 Å². The van der Waals surface area contributed by atoms with Gasteiger partial charge < -0.3 is 9.47 Å². The SMILES string of the molecule is CCCCC(OC(=O)C=Cc1ccccc1)C(=O)OCC. The third-order valence-corrected chi connectivity index (χ3v) is 2.84. The summed E-state index contributed by atoms with van der Waals surface area (Å²) in [6.07, 6.45) is 4.38. The summed E-state index contributed by atoms with van der Waals surface area (Å²) in [7, 11) is 0. The van der Waals surface area contributed by atoms with Crippen LogP contribution in [0.5, 0.6) is 0 Å². The predicted octanol–water partition coefficient (Wildman–Crippen LogP) is 3.36. The van der Waals surface area contributed by atoms with Crippen LogP contribution in [-0.4, -0.2) is 24.6 Å². The van der Waals surface area contributed by atoms with Crippen LogP contribution < -0.4 is 0 Å². The first kappa shape index (κ1) is 17.0. The number of esters is 2. The van der Waals surface area contributed by atoms with Crippen molar-refractivity contribution < 1.29 is 19.1 Å². The Labute approximate surface area is 125 Å². The predicted molar refractivity (Wildman–Crippen MR) is 81.5 cm³/mol. The maximum absolute atomic E-state index is 11.8. The van der Waals surface area contributed by atoms with Crippen molar-refractivity contribution in [3.05, 3.63) is 42.0 Å². The van der Waals surface area contributed by atoms with Gasteiger partial charge in [0, 0.05) is 6.08 Å². The van der Waals surface area contributed by atoms with Crippen LogP contribution in [0.1, 0.15) is 38.7 Å². The number of benzene rings is 1. The van der Waals surface area contributed by atoms with Crippen molar-refractivity contribution in [2.24, 2.45) is 0 Å². The van der Waals surface area contributed by atoms with Crippen molar-refractivity contribution in [3.8, 4) is 0 Å². The van der Waals surface area contributed by atoms with Gasteiger partial charge in [-0.05, 0) is 31.4 Å². The van der Waals surface area contributed by atoms with E-state index in [1.807, 2.05) is 37.3 Å². The summed E-state index contributed by atoms with van der Waals surface area (Å²) < 4.78 is 10.1. The highest BCUT2D eigenvalue weighted by Gasteiger charge is 2.22. The molecule has 21 heavy (non-hydrogen) atoms. The molecule has 0 aliphatic heterocycles. The van der Waals surface area contributed by atoms with Crippen molar-refractivity contribution >= 4 is 18.0 Å². The van der Waals surface area contributed by atoms with Crippen molar-refractivity contribution in [1.82, 2.24) is 0 Å². The quantitative estimate of drug-likeness (QED) is 0.544. The summed E-state index contributed by atoms with van der Waals surface area (Å²) in [5.41, 5.74) is 0.899. The van der Waals surface area contributed by atoms with Crippen LogP contribution in [-0.2, 0) is 19.1 Å². The molecular weight excluding hydrogens is 268 g/mol. The summed E-state index contributed by atoms with van der Waals surface area (Å²) in [6.45, 7) is 4.02. The fourth-order valence-corrected chi connectivity index (χ4v) is 1.76. The first-order valence-electron chi connectivity index (χ1n) is 7.27. The van der Waals surface area contributed by atoms with Gasteiger partial charge in [-0.2, -0.15) is 0 Å². The molecule has 4 nitrogen and oxygen atoms in total. The van der Waals surface area contributed by atoms with Crippen LogP contribution >= 0.6 is 0 Å². The van der Waals surface area contributed by atoms with Crippen LogP contribution in [0.3, 0.4) is 0 Å². The van der Waals surface area contributed by atoms with E-state index in [1.54, 1.807) is 13.0 Å². The average molecular weight is 290 g/mol. The second kappa shape index (κ2) is 9.75. The second-order valence-corrected chi connectivity index (χ2v) is 4.56. The standard InChI is InChI=1S/C17H22O4/c1-3-5-11-15(17(19)20-4-2)21-16(18)13-12-14-9-7-6-8-10-14/h6-10,12-13,15H,3-5,11H2,1-2H3. The lowest BCUT2D eigenvalue weighted by atomic mass is 10.1. The van der Waals surface area contributed by atoms with Gasteiger partial charge in [0.05, 0.1) is 6.61 Å². The van der Waals surface area contributed by atoms with E-state index in [-0.39, 0.29) is 6.61 Å². The van der Waals surface area contributed by atoms with Crippen LogP contribution in [0.2, 0.25) is 0 Å². The Hall–Kier alpha value is -2.10. The first-order valence-corrected chi connectivity index (χ1v) is 7.27. The molecular formula is C17H22O4. The molecule has 0 N–H and O–H groups in total. The van der Waals surface area contributed by atoms with E-state index in [4.69, 9.17) is 9.47 Å². The van der Waals surface area contributed by atoms with Gasteiger partial charge in [0.2, 0.25) is 0 Å². The third-order valence-electron chi connectivity index (χ3n) is 2.84. The number of unbranched alkanes of at least 4 members (excludes halogenated alkanes) is 1. The zero-order chi connectivity index (χ0) is 15.5. The lowest BCUT2D eigenvalue weighted by Crippen LogP contribution is -2.28. The molecule has 0 radical (unpaired) electrons. The number of rotatable bonds is 8. The number of ether oxygens (including phenoxy) is 2. The number of carbonyl (C=O) groups is 2. The Kier molecular flexibility index (Phi) is 7.87. The Bertz CT molecular complexity index is 465. The van der Waals surface area contributed by atoms with Gasteiger partial charge in [-0.25, -0.2) is 9.59 Å². The van der Waals surface area contributed by atoms with Gasteiger partial charge >= 0.3 is 11.9 Å². The smallest absolute Gasteiger partial charge is 0.347 e. The van der Waals surface area contributed by atoms with E-state index in [2.05, 4.69) is 0 Å². The van der Waals surface area contributed by atoms with Gasteiger partial charge in [-0.15, -0.1) is 0 Å². The molecule has 1 atom stereocenters. The molecule has 0 heterocycles. The monoisotopic (exact) mass is 290 g/mol. The van der Waals surface area contributed by atoms with Crippen LogP contribution in [0, 0.1) is 0 Å². The molecule has 0 aromatic heterocycles. The molecule has 1 rings (SSSR count). The van der Waals surface area contributed by atoms with E-state index in [0.29, 0.717) is 6.42 Å². The number of hydrogen-bond donors (Lipinski definition) is 0. The molecule has 0 aliphatic carbocycles.